The van der Waals surface area contributed by atoms with Gasteiger partial charge < -0.3 is 61.3 Å². The molecule has 458 valence electrons. The van der Waals surface area contributed by atoms with E-state index in [1.54, 1.807) is 55.8 Å². The first kappa shape index (κ1) is 64.2. The number of likely N-dealkylation sites (tertiary alicyclic amines) is 1. The third kappa shape index (κ3) is 18.3. The minimum Gasteiger partial charge on any atom is -0.445 e. The number of rotatable bonds is 28. The average Bonchev–Trinajstić information content (AvgIpc) is 2.51. The van der Waals surface area contributed by atoms with Crippen LogP contribution in [-0.4, -0.2) is 154 Å². The summed E-state index contributed by atoms with van der Waals surface area (Å²) in [5, 5.41) is 23.6. The van der Waals surface area contributed by atoms with Crippen molar-refractivity contribution in [3.63, 3.8) is 0 Å². The third-order valence-electron chi connectivity index (χ3n) is 15.1. The number of benzene rings is 3. The molecule has 22 nitrogen and oxygen atoms in total. The van der Waals surface area contributed by atoms with Crippen LogP contribution in [-0.2, 0) is 46.6 Å². The summed E-state index contributed by atoms with van der Waals surface area (Å²) < 4.78 is 59.8. The fourth-order valence-corrected chi connectivity index (χ4v) is 10.5. The number of halogens is 3. The number of alkyl halides is 1. The molecule has 0 bridgehead atoms. The molecule has 7 rings (SSSR count). The number of carbonyl (C=O) groups excluding carboxylic acids is 8. The number of nitrogens with two attached hydrogens (primary N) is 1. The molecule has 1 aromatic heterocycles. The summed E-state index contributed by atoms with van der Waals surface area (Å²) in [4.78, 5) is 113. The van der Waals surface area contributed by atoms with Gasteiger partial charge in [-0.05, 0) is 98.7 Å². The second-order valence-electron chi connectivity index (χ2n) is 22.0. The number of aromatic nitrogens is 2. The van der Waals surface area contributed by atoms with Gasteiger partial charge in [0.1, 0.15) is 42.3 Å². The second kappa shape index (κ2) is 31.0. The molecular formula is C60H76F3N11O11. The molecule has 3 aliphatic rings. The molecule has 10 amide bonds. The van der Waals surface area contributed by atoms with Crippen molar-refractivity contribution < 1.29 is 66.1 Å². The van der Waals surface area contributed by atoms with Gasteiger partial charge in [-0.1, -0.05) is 62.7 Å². The van der Waals surface area contributed by atoms with Gasteiger partial charge in [-0.2, -0.15) is 0 Å². The maximum absolute atomic E-state index is 16.5. The van der Waals surface area contributed by atoms with Crippen LogP contribution in [0.4, 0.5) is 33.2 Å². The Hall–Kier alpha value is -8.32. The van der Waals surface area contributed by atoms with Crippen molar-refractivity contribution in [1.29, 1.82) is 0 Å². The number of unbranched alkanes of at least 4 members (excludes halogenated alkanes) is 2. The number of hydrogen-bond donors (Lipinski definition) is 7. The van der Waals surface area contributed by atoms with Gasteiger partial charge in [-0.15, -0.1) is 0 Å². The zero-order valence-electron chi connectivity index (χ0n) is 48.0. The smallest absolute Gasteiger partial charge is 0.410 e. The number of aliphatic hydroxyl groups excluding tert-OH is 1. The highest BCUT2D eigenvalue weighted by Crippen LogP contribution is 2.39. The lowest BCUT2D eigenvalue weighted by Gasteiger charge is -2.40. The average molecular weight is 1180 g/mol. The van der Waals surface area contributed by atoms with Gasteiger partial charge in [0.25, 0.3) is 11.8 Å². The lowest BCUT2D eigenvalue weighted by Crippen LogP contribution is -2.54. The lowest BCUT2D eigenvalue weighted by atomic mass is 9.89. The van der Waals surface area contributed by atoms with Crippen molar-refractivity contribution in [3.8, 4) is 11.3 Å². The quantitative estimate of drug-likeness (QED) is 0.0261. The SMILES string of the molecule is CC(CO)NC(=O)N(C[C@@H]1CN(C(=O)OCc2ccc(NC(=O)C(CCCNC(N)=O)NC(=O)C(NC(=O)CCCCCN3C(=O)C=CC3=O)C(C)C)cc2)C[C@@H]1F)[C@@H](c1nc(-c2cc(F)ccc2F)cn1Cc1ccccc1)C1CCOCC1. The van der Waals surface area contributed by atoms with Crippen LogP contribution in [0.2, 0.25) is 0 Å². The number of amides is 10. The zero-order valence-corrected chi connectivity index (χ0v) is 48.0. The number of imide groups is 1. The van der Waals surface area contributed by atoms with Crippen LogP contribution >= 0.6 is 0 Å². The molecule has 6 atom stereocenters. The number of anilines is 1. The van der Waals surface area contributed by atoms with Crippen molar-refractivity contribution in [2.45, 2.75) is 116 Å². The molecule has 0 spiro atoms. The summed E-state index contributed by atoms with van der Waals surface area (Å²) in [5.74, 6) is -5.03. The number of nitrogens with zero attached hydrogens (tertiary/aromatic N) is 5. The third-order valence-corrected chi connectivity index (χ3v) is 15.1. The van der Waals surface area contributed by atoms with Crippen molar-refractivity contribution in [1.82, 2.24) is 45.5 Å². The van der Waals surface area contributed by atoms with E-state index in [1.165, 1.54) is 22.0 Å². The fraction of sp³-hybridized carbons (Fsp3) is 0.483. The molecule has 85 heavy (non-hydrogen) atoms. The molecule has 2 saturated heterocycles. The molecule has 0 saturated carbocycles. The number of urea groups is 2. The summed E-state index contributed by atoms with van der Waals surface area (Å²) in [5.41, 5.74) is 6.94. The van der Waals surface area contributed by atoms with Crippen LogP contribution in [0.15, 0.2) is 91.1 Å². The predicted octanol–water partition coefficient (Wildman–Crippen LogP) is 5.84. The Morgan fingerprint density at radius 2 is 1.58 bits per heavy atom. The predicted molar refractivity (Wildman–Crippen MR) is 306 cm³/mol. The molecule has 0 aliphatic carbocycles. The highest BCUT2D eigenvalue weighted by Gasteiger charge is 2.43. The summed E-state index contributed by atoms with van der Waals surface area (Å²) in [6, 6.07) is 13.6. The minimum atomic E-state index is -1.62. The number of nitrogens with one attached hydrogen (secondary N) is 5. The number of ether oxygens (including phenoxy) is 2. The maximum atomic E-state index is 16.5. The second-order valence-corrected chi connectivity index (χ2v) is 22.0. The molecule has 3 aliphatic heterocycles. The highest BCUT2D eigenvalue weighted by molar-refractivity contribution is 6.12. The van der Waals surface area contributed by atoms with Gasteiger partial charge >= 0.3 is 18.2 Å². The first-order valence-corrected chi connectivity index (χ1v) is 28.7. The summed E-state index contributed by atoms with van der Waals surface area (Å²) in [6.07, 6.45) is 4.42. The van der Waals surface area contributed by atoms with E-state index < -0.39 is 90.4 Å². The van der Waals surface area contributed by atoms with Crippen LogP contribution in [0, 0.1) is 29.4 Å². The molecule has 0 radical (unpaired) electrons. The number of hydrogen-bond acceptors (Lipinski definition) is 12. The number of imidazole rings is 1. The number of primary amides is 1. The van der Waals surface area contributed by atoms with Crippen LogP contribution < -0.4 is 32.3 Å². The van der Waals surface area contributed by atoms with E-state index >= 15 is 8.78 Å². The Morgan fingerprint density at radius 1 is 0.859 bits per heavy atom. The topological polar surface area (TPSA) is 289 Å². The summed E-state index contributed by atoms with van der Waals surface area (Å²) in [7, 11) is 0. The van der Waals surface area contributed by atoms with E-state index in [2.05, 4.69) is 26.6 Å². The minimum absolute atomic E-state index is 0.0747. The van der Waals surface area contributed by atoms with Crippen molar-refractivity contribution in [2.24, 2.45) is 23.5 Å². The van der Waals surface area contributed by atoms with Gasteiger partial charge in [0.2, 0.25) is 17.7 Å². The van der Waals surface area contributed by atoms with Gasteiger partial charge in [0.15, 0.2) is 0 Å². The molecule has 3 unspecified atom stereocenters. The summed E-state index contributed by atoms with van der Waals surface area (Å²) in [6.45, 7) is 5.01. The Morgan fingerprint density at radius 3 is 2.26 bits per heavy atom. The van der Waals surface area contributed by atoms with Gasteiger partial charge in [-0.25, -0.2) is 32.5 Å². The summed E-state index contributed by atoms with van der Waals surface area (Å²) >= 11 is 0. The molecule has 2 fully saturated rings. The van der Waals surface area contributed by atoms with E-state index in [-0.39, 0.29) is 100 Å². The van der Waals surface area contributed by atoms with Crippen LogP contribution in [0.25, 0.3) is 11.3 Å². The Bertz CT molecular complexity index is 2980. The van der Waals surface area contributed by atoms with E-state index in [0.29, 0.717) is 62.4 Å². The number of carbonyl (C=O) groups is 8. The Labute approximate surface area is 491 Å². The van der Waals surface area contributed by atoms with E-state index in [0.717, 1.165) is 28.7 Å². The van der Waals surface area contributed by atoms with Gasteiger partial charge in [0, 0.05) is 87.9 Å². The maximum Gasteiger partial charge on any atom is 0.410 e. The first-order valence-electron chi connectivity index (χ1n) is 28.7. The molecule has 25 heteroatoms. The van der Waals surface area contributed by atoms with Crippen molar-refractivity contribution in [3.05, 3.63) is 120 Å². The van der Waals surface area contributed by atoms with E-state index in [9.17, 15) is 47.9 Å². The van der Waals surface area contributed by atoms with E-state index in [1.807, 2.05) is 30.3 Å². The van der Waals surface area contributed by atoms with Gasteiger partial charge in [-0.3, -0.25) is 28.9 Å². The Kier molecular flexibility index (Phi) is 23.4. The van der Waals surface area contributed by atoms with Crippen LogP contribution in [0.5, 0.6) is 0 Å². The van der Waals surface area contributed by atoms with Crippen LogP contribution in [0.3, 0.4) is 0 Å². The Balaban J connectivity index is 0.991. The standard InChI is InChI=1S/C60H76F3N11O11/c1-37(2)53(70-50(76)14-8-5-9-26-73-51(77)21-22-52(73)78)57(80)69-48(13-10-25-65-58(64)81)56(79)67-44-18-15-40(16-19-44)36-85-60(83)72-31-42(47(63)33-72)32-74(59(82)66-38(3)35-75)54(41-23-27-84-28-24-41)55-68-49(45-29-43(61)17-20-46(45)62)34-71(55)30-39-11-6-4-7-12-39/h4,6-7,11-12,15-22,29,34,37-38,41-42,47-48,53-54,75H,5,8-10,13-14,23-28,30-33,35-36H2,1-3H3,(H,66,82)(H,67,79)(H,69,80)(H,70,76)(H3,64,65,81)/t38?,42-,47-,48?,53?,54+/m0/s1. The number of aliphatic hydroxyl groups is 1. The monoisotopic (exact) mass is 1180 g/mol. The molecule has 4 heterocycles. The largest absolute Gasteiger partial charge is 0.445 e. The fourth-order valence-electron chi connectivity index (χ4n) is 10.5. The van der Waals surface area contributed by atoms with Crippen molar-refractivity contribution in [2.75, 3.05) is 57.9 Å². The van der Waals surface area contributed by atoms with Crippen molar-refractivity contribution >= 4 is 53.4 Å². The lowest BCUT2D eigenvalue weighted by molar-refractivity contribution is -0.137. The molecular weight excluding hydrogens is 1110 g/mol. The van der Waals surface area contributed by atoms with Gasteiger partial charge in [0.05, 0.1) is 30.9 Å². The molecule has 8 N–H and O–H groups in total. The first-order chi connectivity index (χ1) is 40.8. The van der Waals surface area contributed by atoms with E-state index in [4.69, 9.17) is 20.2 Å². The molecule has 3 aromatic carbocycles. The zero-order chi connectivity index (χ0) is 61.2. The van der Waals surface area contributed by atoms with Crippen LogP contribution in [0.1, 0.15) is 95.1 Å². The highest BCUT2D eigenvalue weighted by atomic mass is 19.1. The normalized spacial score (nSPS) is 17.5. The molecule has 4 aromatic rings.